The van der Waals surface area contributed by atoms with Crippen molar-refractivity contribution in [1.82, 2.24) is 19.9 Å². The summed E-state index contributed by atoms with van der Waals surface area (Å²) in [5.41, 5.74) is 1.87. The average molecular weight is 355 g/mol. The number of allylic oxidation sites excluding steroid dienone is 1. The van der Waals surface area contributed by atoms with E-state index in [1.54, 1.807) is 30.3 Å². The predicted octanol–water partition coefficient (Wildman–Crippen LogP) is 1.13. The topological polar surface area (TPSA) is 94.4 Å². The summed E-state index contributed by atoms with van der Waals surface area (Å²) in [6.45, 7) is 5.66. The van der Waals surface area contributed by atoms with E-state index in [9.17, 15) is 9.59 Å². The molecule has 0 aliphatic rings. The molecule has 0 aliphatic heterocycles. The molecule has 0 bridgehead atoms. The van der Waals surface area contributed by atoms with Crippen molar-refractivity contribution in [3.05, 3.63) is 90.6 Å². The Morgan fingerprint density at radius 2 is 1.84 bits per heavy atom. The Kier molecular flexibility index (Phi) is 4.54. The maximum absolute atomic E-state index is 12.3. The van der Waals surface area contributed by atoms with Gasteiger partial charge in [0, 0.05) is 5.02 Å². The fraction of sp³-hybridized carbons (Fsp3) is 0.0556. The average Bonchev–Trinajstić information content (AvgIpc) is 3.01. The highest BCUT2D eigenvalue weighted by atomic mass is 35.5. The van der Waals surface area contributed by atoms with E-state index in [4.69, 9.17) is 11.6 Å². The monoisotopic (exact) mass is 354 g/mol. The second-order valence-corrected chi connectivity index (χ2v) is 5.96. The van der Waals surface area contributed by atoms with Crippen molar-refractivity contribution in [2.75, 3.05) is 0 Å². The number of H-pyrrole nitrogens is 3. The number of halogens is 1. The van der Waals surface area contributed by atoms with E-state index >= 15 is 0 Å². The van der Waals surface area contributed by atoms with Gasteiger partial charge in [0.15, 0.2) is 0 Å². The van der Waals surface area contributed by atoms with Crippen LogP contribution in [0.5, 0.6) is 0 Å². The second-order valence-electron chi connectivity index (χ2n) is 5.52. The van der Waals surface area contributed by atoms with Crippen LogP contribution in [0, 0.1) is 0 Å². The molecule has 2 heterocycles. The van der Waals surface area contributed by atoms with Crippen LogP contribution in [0.25, 0.3) is 17.7 Å². The van der Waals surface area contributed by atoms with Crippen LogP contribution in [0.1, 0.15) is 23.9 Å². The second kappa shape index (κ2) is 6.78. The Balaban J connectivity index is 2.15. The van der Waals surface area contributed by atoms with Gasteiger partial charge in [-0.15, -0.1) is 0 Å². The number of aromatic amines is 3. The molecule has 126 valence electrons. The van der Waals surface area contributed by atoms with Crippen molar-refractivity contribution in [3.8, 4) is 0 Å². The Morgan fingerprint density at radius 1 is 1.16 bits per heavy atom. The molecule has 0 atom stereocenters. The standard InChI is InChI=1S/C18H15ClN4O2/c1-10(2)16-13(20-9-21-16)8-15-18(25)22-14(17(24)23-15)7-11-4-3-5-12(19)6-11/h3-9H,1H2,2H3,(H,20,21)(H,22,25)(H,23,24)/b14-7-,15-8-. The van der Waals surface area contributed by atoms with Gasteiger partial charge in [0.25, 0.3) is 11.1 Å². The molecule has 25 heavy (non-hydrogen) atoms. The van der Waals surface area contributed by atoms with E-state index in [1.807, 2.05) is 6.92 Å². The molecule has 0 unspecified atom stereocenters. The van der Waals surface area contributed by atoms with Gasteiger partial charge in [0.05, 0.1) is 17.7 Å². The third-order valence-electron chi connectivity index (χ3n) is 3.52. The number of hydrogen-bond acceptors (Lipinski definition) is 3. The zero-order valence-electron chi connectivity index (χ0n) is 13.4. The van der Waals surface area contributed by atoms with E-state index < -0.39 is 11.1 Å². The molecule has 0 amide bonds. The van der Waals surface area contributed by atoms with Crippen molar-refractivity contribution < 1.29 is 0 Å². The van der Waals surface area contributed by atoms with Gasteiger partial charge in [0.1, 0.15) is 10.7 Å². The number of imidazole rings is 1. The summed E-state index contributed by atoms with van der Waals surface area (Å²) in [6.07, 6.45) is 4.57. The van der Waals surface area contributed by atoms with Crippen LogP contribution in [0.3, 0.4) is 0 Å². The summed E-state index contributed by atoms with van der Waals surface area (Å²) in [5.74, 6) is 0. The highest BCUT2D eigenvalue weighted by Gasteiger charge is 2.04. The maximum atomic E-state index is 12.3. The number of nitrogens with one attached hydrogen (secondary N) is 3. The lowest BCUT2D eigenvalue weighted by molar-refractivity contribution is 1.00. The summed E-state index contributed by atoms with van der Waals surface area (Å²) < 4.78 is 0. The first-order chi connectivity index (χ1) is 11.9. The Bertz CT molecular complexity index is 1180. The molecular weight excluding hydrogens is 340 g/mol. The van der Waals surface area contributed by atoms with Gasteiger partial charge in [-0.1, -0.05) is 30.3 Å². The Hall–Kier alpha value is -3.12. The number of nitrogens with zero attached hydrogens (tertiary/aromatic N) is 1. The van der Waals surface area contributed by atoms with Gasteiger partial charge in [-0.05, 0) is 42.3 Å². The van der Waals surface area contributed by atoms with Crippen molar-refractivity contribution in [1.29, 1.82) is 0 Å². The van der Waals surface area contributed by atoms with E-state index in [1.165, 1.54) is 12.4 Å². The number of rotatable bonds is 3. The molecule has 6 nitrogen and oxygen atoms in total. The summed E-state index contributed by atoms with van der Waals surface area (Å²) in [7, 11) is 0. The smallest absolute Gasteiger partial charge is 0.272 e. The Morgan fingerprint density at radius 3 is 2.48 bits per heavy atom. The molecule has 0 radical (unpaired) electrons. The lowest BCUT2D eigenvalue weighted by Gasteiger charge is -1.96. The minimum Gasteiger partial charge on any atom is -0.344 e. The van der Waals surface area contributed by atoms with Crippen LogP contribution in [0.2, 0.25) is 5.02 Å². The first kappa shape index (κ1) is 16.7. The largest absolute Gasteiger partial charge is 0.344 e. The number of hydrogen-bond donors (Lipinski definition) is 3. The lowest BCUT2D eigenvalue weighted by atomic mass is 10.2. The molecule has 0 spiro atoms. The number of aromatic nitrogens is 4. The molecule has 0 fully saturated rings. The van der Waals surface area contributed by atoms with Gasteiger partial charge in [0.2, 0.25) is 0 Å². The Labute approximate surface area is 147 Å². The third-order valence-corrected chi connectivity index (χ3v) is 3.76. The van der Waals surface area contributed by atoms with Gasteiger partial charge in [-0.2, -0.15) is 0 Å². The van der Waals surface area contributed by atoms with Gasteiger partial charge >= 0.3 is 0 Å². The SMILES string of the molecule is C=C(C)c1[nH]cnc1/C=c1\[nH]c(=O)/c(=C/c2cccc(Cl)c2)[nH]c1=O. The summed E-state index contributed by atoms with van der Waals surface area (Å²) >= 11 is 5.93. The van der Waals surface area contributed by atoms with Crippen LogP contribution in [0.4, 0.5) is 0 Å². The first-order valence-corrected chi connectivity index (χ1v) is 7.83. The first-order valence-electron chi connectivity index (χ1n) is 7.45. The molecule has 2 aromatic heterocycles. The molecule has 0 saturated carbocycles. The van der Waals surface area contributed by atoms with Crippen molar-refractivity contribution in [2.24, 2.45) is 0 Å². The van der Waals surface area contributed by atoms with Crippen LogP contribution in [-0.2, 0) is 0 Å². The van der Waals surface area contributed by atoms with Gasteiger partial charge in [-0.3, -0.25) is 9.59 Å². The minimum atomic E-state index is -0.427. The summed E-state index contributed by atoms with van der Waals surface area (Å²) in [5, 5.41) is 0.803. The molecule has 7 heteroatoms. The highest BCUT2D eigenvalue weighted by molar-refractivity contribution is 6.30. The molecule has 0 aliphatic carbocycles. The normalized spacial score (nSPS) is 12.6. The van der Waals surface area contributed by atoms with Gasteiger partial charge < -0.3 is 15.0 Å². The maximum Gasteiger partial charge on any atom is 0.272 e. The van der Waals surface area contributed by atoms with Crippen molar-refractivity contribution >= 4 is 29.3 Å². The zero-order valence-corrected chi connectivity index (χ0v) is 14.1. The van der Waals surface area contributed by atoms with Crippen molar-refractivity contribution in [2.45, 2.75) is 6.92 Å². The van der Waals surface area contributed by atoms with Crippen LogP contribution in [-0.4, -0.2) is 19.9 Å². The quantitative estimate of drug-likeness (QED) is 0.658. The molecular formula is C18H15ClN4O2. The van der Waals surface area contributed by atoms with Crippen molar-refractivity contribution in [3.63, 3.8) is 0 Å². The summed E-state index contributed by atoms with van der Waals surface area (Å²) in [6, 6.07) is 6.97. The summed E-state index contributed by atoms with van der Waals surface area (Å²) in [4.78, 5) is 36.8. The lowest BCUT2D eigenvalue weighted by Crippen LogP contribution is -2.46. The van der Waals surface area contributed by atoms with Gasteiger partial charge in [-0.25, -0.2) is 4.98 Å². The van der Waals surface area contributed by atoms with Crippen LogP contribution >= 0.6 is 11.6 Å². The fourth-order valence-corrected chi connectivity index (χ4v) is 2.55. The minimum absolute atomic E-state index is 0.114. The van der Waals surface area contributed by atoms with Crippen LogP contribution in [0.15, 0.2) is 46.8 Å². The molecule has 3 rings (SSSR count). The van der Waals surface area contributed by atoms with E-state index in [0.717, 1.165) is 5.57 Å². The highest BCUT2D eigenvalue weighted by Crippen LogP contribution is 2.12. The van der Waals surface area contributed by atoms with E-state index in [0.29, 0.717) is 22.0 Å². The molecule has 1 aromatic carbocycles. The van der Waals surface area contributed by atoms with E-state index in [-0.39, 0.29) is 10.7 Å². The third kappa shape index (κ3) is 3.70. The predicted molar refractivity (Wildman–Crippen MR) is 98.8 cm³/mol. The fourth-order valence-electron chi connectivity index (χ4n) is 2.35. The van der Waals surface area contributed by atoms with E-state index in [2.05, 4.69) is 26.5 Å². The zero-order chi connectivity index (χ0) is 18.0. The molecule has 3 N–H and O–H groups in total. The van der Waals surface area contributed by atoms with Crippen LogP contribution < -0.4 is 21.8 Å². The number of benzene rings is 1. The molecule has 3 aromatic rings. The molecule has 0 saturated heterocycles.